The van der Waals surface area contributed by atoms with Crippen molar-refractivity contribution in [2.24, 2.45) is 0 Å². The molecule has 1 aromatic carbocycles. The summed E-state index contributed by atoms with van der Waals surface area (Å²) in [4.78, 5) is 10.7. The number of hydrogen-bond acceptors (Lipinski definition) is 1. The third-order valence-electron chi connectivity index (χ3n) is 3.33. The molecule has 3 heteroatoms. The molecule has 19 heavy (non-hydrogen) atoms. The molecule has 0 saturated carbocycles. The van der Waals surface area contributed by atoms with Gasteiger partial charge in [-0.1, -0.05) is 51.5 Å². The Bertz CT molecular complexity index is 402. The Kier molecular flexibility index (Phi) is 7.16. The fraction of sp³-hybridized carbons (Fsp3) is 0.562. The number of halogens is 1. The SMILES string of the molecule is CCCCCCCCCc1ccc(C(=O)O)c(F)c1. The molecule has 0 unspecified atom stereocenters. The predicted octanol–water partition coefficient (Wildman–Crippen LogP) is 4.82. The highest BCUT2D eigenvalue weighted by Crippen LogP contribution is 2.14. The van der Waals surface area contributed by atoms with Gasteiger partial charge in [0.05, 0.1) is 5.56 Å². The molecule has 1 rings (SSSR count). The van der Waals surface area contributed by atoms with Gasteiger partial charge in [-0.25, -0.2) is 9.18 Å². The highest BCUT2D eigenvalue weighted by Gasteiger charge is 2.09. The van der Waals surface area contributed by atoms with Crippen LogP contribution in [0.25, 0.3) is 0 Å². The van der Waals surface area contributed by atoms with Crippen LogP contribution in [0.5, 0.6) is 0 Å². The van der Waals surface area contributed by atoms with Crippen LogP contribution in [0, 0.1) is 5.82 Å². The van der Waals surface area contributed by atoms with Crippen molar-refractivity contribution in [1.82, 2.24) is 0 Å². The second kappa shape index (κ2) is 8.68. The monoisotopic (exact) mass is 266 g/mol. The normalized spacial score (nSPS) is 10.6. The van der Waals surface area contributed by atoms with E-state index in [0.717, 1.165) is 24.8 Å². The summed E-state index contributed by atoms with van der Waals surface area (Å²) in [6.45, 7) is 2.20. The molecule has 106 valence electrons. The highest BCUT2D eigenvalue weighted by atomic mass is 19.1. The van der Waals surface area contributed by atoms with E-state index in [1.165, 1.54) is 44.2 Å². The molecule has 1 aromatic rings. The Labute approximate surface area is 114 Å². The molecule has 0 atom stereocenters. The molecule has 0 heterocycles. The van der Waals surface area contributed by atoms with E-state index in [1.54, 1.807) is 6.07 Å². The number of unbranched alkanes of at least 4 members (excludes halogenated alkanes) is 6. The molecular weight excluding hydrogens is 243 g/mol. The van der Waals surface area contributed by atoms with Crippen LogP contribution in [-0.4, -0.2) is 11.1 Å². The summed E-state index contributed by atoms with van der Waals surface area (Å²) >= 11 is 0. The molecule has 2 nitrogen and oxygen atoms in total. The van der Waals surface area contributed by atoms with Gasteiger partial charge in [-0.15, -0.1) is 0 Å². The van der Waals surface area contributed by atoms with Crippen molar-refractivity contribution in [2.75, 3.05) is 0 Å². The van der Waals surface area contributed by atoms with E-state index in [2.05, 4.69) is 6.92 Å². The van der Waals surface area contributed by atoms with Crippen molar-refractivity contribution in [3.63, 3.8) is 0 Å². The number of hydrogen-bond donors (Lipinski definition) is 1. The molecule has 0 bridgehead atoms. The van der Waals surface area contributed by atoms with Gasteiger partial charge >= 0.3 is 5.97 Å². The van der Waals surface area contributed by atoms with Crippen LogP contribution in [-0.2, 0) is 6.42 Å². The number of carbonyl (C=O) groups is 1. The molecule has 0 spiro atoms. The van der Waals surface area contributed by atoms with Crippen LogP contribution in [0.2, 0.25) is 0 Å². The lowest BCUT2D eigenvalue weighted by atomic mass is 10.0. The van der Waals surface area contributed by atoms with Crippen molar-refractivity contribution >= 4 is 5.97 Å². The smallest absolute Gasteiger partial charge is 0.338 e. The van der Waals surface area contributed by atoms with E-state index in [9.17, 15) is 9.18 Å². The Morgan fingerprint density at radius 3 is 2.32 bits per heavy atom. The Morgan fingerprint density at radius 1 is 1.11 bits per heavy atom. The predicted molar refractivity (Wildman–Crippen MR) is 75.1 cm³/mol. The van der Waals surface area contributed by atoms with Gasteiger partial charge in [0, 0.05) is 0 Å². The number of rotatable bonds is 9. The minimum Gasteiger partial charge on any atom is -0.478 e. The fourth-order valence-electron chi connectivity index (χ4n) is 2.17. The van der Waals surface area contributed by atoms with Gasteiger partial charge in [0.15, 0.2) is 0 Å². The van der Waals surface area contributed by atoms with Crippen molar-refractivity contribution in [2.45, 2.75) is 58.3 Å². The fourth-order valence-corrected chi connectivity index (χ4v) is 2.17. The summed E-state index contributed by atoms with van der Waals surface area (Å²) in [5.74, 6) is -1.84. The average Bonchev–Trinajstić information content (AvgIpc) is 2.37. The average molecular weight is 266 g/mol. The van der Waals surface area contributed by atoms with Gasteiger partial charge in [0.2, 0.25) is 0 Å². The number of aryl methyl sites for hydroxylation is 1. The van der Waals surface area contributed by atoms with E-state index < -0.39 is 11.8 Å². The summed E-state index contributed by atoms with van der Waals surface area (Å²) in [5.41, 5.74) is 0.638. The first kappa shape index (κ1) is 15.7. The molecule has 0 aliphatic heterocycles. The summed E-state index contributed by atoms with van der Waals surface area (Å²) in [5, 5.41) is 8.73. The molecule has 0 aliphatic rings. The first-order valence-corrected chi connectivity index (χ1v) is 7.17. The van der Waals surface area contributed by atoms with E-state index in [0.29, 0.717) is 0 Å². The Hall–Kier alpha value is -1.38. The van der Waals surface area contributed by atoms with Gasteiger partial charge in [0.1, 0.15) is 5.82 Å². The lowest BCUT2D eigenvalue weighted by molar-refractivity contribution is 0.0692. The largest absolute Gasteiger partial charge is 0.478 e. The molecule has 1 N–H and O–H groups in total. The van der Waals surface area contributed by atoms with E-state index in [1.807, 2.05) is 0 Å². The van der Waals surface area contributed by atoms with Crippen LogP contribution in [0.1, 0.15) is 67.8 Å². The molecule has 0 fully saturated rings. The minimum absolute atomic E-state index is 0.247. The summed E-state index contributed by atoms with van der Waals surface area (Å²) < 4.78 is 13.4. The lowest BCUT2D eigenvalue weighted by Crippen LogP contribution is -2.01. The van der Waals surface area contributed by atoms with Gasteiger partial charge < -0.3 is 5.11 Å². The van der Waals surface area contributed by atoms with Crippen molar-refractivity contribution in [3.8, 4) is 0 Å². The Morgan fingerprint density at radius 2 is 1.74 bits per heavy atom. The number of aromatic carboxylic acids is 1. The van der Waals surface area contributed by atoms with Gasteiger partial charge in [-0.05, 0) is 30.5 Å². The van der Waals surface area contributed by atoms with E-state index in [-0.39, 0.29) is 5.56 Å². The number of carboxylic acid groups (broad SMARTS) is 1. The first-order valence-electron chi connectivity index (χ1n) is 7.17. The number of benzene rings is 1. The quantitative estimate of drug-likeness (QED) is 0.651. The van der Waals surface area contributed by atoms with Crippen LogP contribution < -0.4 is 0 Å². The van der Waals surface area contributed by atoms with Crippen molar-refractivity contribution in [3.05, 3.63) is 35.1 Å². The molecule has 0 aromatic heterocycles. The molecular formula is C16H23FO2. The maximum absolute atomic E-state index is 13.4. The first-order chi connectivity index (χ1) is 9.15. The second-order valence-electron chi connectivity index (χ2n) is 4.99. The van der Waals surface area contributed by atoms with Gasteiger partial charge in [-0.3, -0.25) is 0 Å². The van der Waals surface area contributed by atoms with E-state index in [4.69, 9.17) is 5.11 Å². The second-order valence-corrected chi connectivity index (χ2v) is 4.99. The zero-order valence-corrected chi connectivity index (χ0v) is 11.6. The van der Waals surface area contributed by atoms with Crippen LogP contribution in [0.4, 0.5) is 4.39 Å². The highest BCUT2D eigenvalue weighted by molar-refractivity contribution is 5.87. The van der Waals surface area contributed by atoms with Crippen molar-refractivity contribution in [1.29, 1.82) is 0 Å². The third-order valence-corrected chi connectivity index (χ3v) is 3.33. The third kappa shape index (κ3) is 5.86. The summed E-state index contributed by atoms with van der Waals surface area (Å²) in [7, 11) is 0. The standard InChI is InChI=1S/C16H23FO2/c1-2-3-4-5-6-7-8-9-13-10-11-14(16(18)19)15(17)12-13/h10-12H,2-9H2,1H3,(H,18,19). The van der Waals surface area contributed by atoms with Gasteiger partial charge in [0.25, 0.3) is 0 Å². The zero-order chi connectivity index (χ0) is 14.1. The van der Waals surface area contributed by atoms with Crippen molar-refractivity contribution < 1.29 is 14.3 Å². The topological polar surface area (TPSA) is 37.3 Å². The Balaban J connectivity index is 2.26. The lowest BCUT2D eigenvalue weighted by Gasteiger charge is -2.04. The molecule has 0 aliphatic carbocycles. The summed E-state index contributed by atoms with van der Waals surface area (Å²) in [6, 6.07) is 4.42. The molecule has 0 radical (unpaired) electrons. The zero-order valence-electron chi connectivity index (χ0n) is 11.6. The summed E-state index contributed by atoms with van der Waals surface area (Å²) in [6.07, 6.45) is 9.40. The molecule has 0 amide bonds. The van der Waals surface area contributed by atoms with Crippen LogP contribution in [0.15, 0.2) is 18.2 Å². The minimum atomic E-state index is -1.21. The van der Waals surface area contributed by atoms with Crippen LogP contribution >= 0.6 is 0 Å². The number of carboxylic acids is 1. The molecule has 0 saturated heterocycles. The van der Waals surface area contributed by atoms with Gasteiger partial charge in [-0.2, -0.15) is 0 Å². The maximum Gasteiger partial charge on any atom is 0.338 e. The van der Waals surface area contributed by atoms with E-state index >= 15 is 0 Å². The maximum atomic E-state index is 13.4. The van der Waals surface area contributed by atoms with Crippen LogP contribution in [0.3, 0.4) is 0 Å².